The van der Waals surface area contributed by atoms with E-state index in [9.17, 15) is 4.39 Å². The van der Waals surface area contributed by atoms with Gasteiger partial charge in [-0.3, -0.25) is 0 Å². The number of nitrogens with zero attached hydrogens (tertiary/aromatic N) is 2. The number of fused-ring (bicyclic) bond motifs is 2. The highest BCUT2D eigenvalue weighted by Gasteiger charge is 2.14. The van der Waals surface area contributed by atoms with E-state index >= 15 is 0 Å². The molecule has 5 nitrogen and oxygen atoms in total. The summed E-state index contributed by atoms with van der Waals surface area (Å²) in [5.74, 6) is 2.02. The molecule has 0 saturated carbocycles. The molecule has 3 heterocycles. The molecule has 1 aliphatic rings. The quantitative estimate of drug-likeness (QED) is 0.550. The van der Waals surface area contributed by atoms with Gasteiger partial charge in [0.1, 0.15) is 18.0 Å². The molecule has 2 aromatic heterocycles. The lowest BCUT2D eigenvalue weighted by molar-refractivity contribution is 0.174. The molecule has 0 amide bonds. The van der Waals surface area contributed by atoms with Gasteiger partial charge in [0.05, 0.1) is 10.2 Å². The summed E-state index contributed by atoms with van der Waals surface area (Å²) in [5.41, 5.74) is 2.73. The first-order valence-electron chi connectivity index (χ1n) is 8.39. The molecule has 7 heteroatoms. The number of nitrogens with one attached hydrogen (secondary N) is 1. The molecule has 2 aromatic carbocycles. The maximum Gasteiger partial charge on any atom is 0.231 e. The van der Waals surface area contributed by atoms with Crippen molar-refractivity contribution in [1.82, 2.24) is 9.97 Å². The summed E-state index contributed by atoms with van der Waals surface area (Å²) in [5, 5.41) is 3.36. The monoisotopic (exact) mass is 379 g/mol. The van der Waals surface area contributed by atoms with Crippen molar-refractivity contribution in [1.29, 1.82) is 0 Å². The van der Waals surface area contributed by atoms with Crippen LogP contribution in [0.1, 0.15) is 5.56 Å². The Morgan fingerprint density at radius 2 is 1.96 bits per heavy atom. The fourth-order valence-electron chi connectivity index (χ4n) is 3.00. The molecule has 134 valence electrons. The smallest absolute Gasteiger partial charge is 0.231 e. The van der Waals surface area contributed by atoms with Gasteiger partial charge < -0.3 is 14.8 Å². The minimum atomic E-state index is -0.253. The second kappa shape index (κ2) is 6.51. The molecule has 1 N–H and O–H groups in total. The van der Waals surface area contributed by atoms with E-state index in [4.69, 9.17) is 9.47 Å². The molecule has 0 spiro atoms. The first-order chi connectivity index (χ1) is 13.3. The van der Waals surface area contributed by atoms with Crippen molar-refractivity contribution in [2.24, 2.45) is 0 Å². The third kappa shape index (κ3) is 3.06. The van der Waals surface area contributed by atoms with Crippen molar-refractivity contribution in [3.05, 3.63) is 66.2 Å². The Kier molecular flexibility index (Phi) is 3.86. The van der Waals surface area contributed by atoms with Crippen LogP contribution in [-0.4, -0.2) is 16.8 Å². The average molecular weight is 379 g/mol. The zero-order valence-electron chi connectivity index (χ0n) is 14.1. The summed E-state index contributed by atoms with van der Waals surface area (Å²) in [6, 6.07) is 14.4. The van der Waals surface area contributed by atoms with Gasteiger partial charge >= 0.3 is 0 Å². The molecular weight excluding hydrogens is 365 g/mol. The van der Waals surface area contributed by atoms with Gasteiger partial charge in [0.15, 0.2) is 11.5 Å². The van der Waals surface area contributed by atoms with Gasteiger partial charge in [-0.15, -0.1) is 11.3 Å². The molecule has 4 aromatic rings. The SMILES string of the molecule is Fc1cccc(-c2cc3ncnc(NCc4ccc5c(c4)OCO5)c3s2)c1. The van der Waals surface area contributed by atoms with Crippen LogP contribution < -0.4 is 14.8 Å². The third-order valence-electron chi connectivity index (χ3n) is 4.32. The molecule has 0 saturated heterocycles. The summed E-state index contributed by atoms with van der Waals surface area (Å²) in [6.45, 7) is 0.854. The van der Waals surface area contributed by atoms with Crippen LogP contribution in [-0.2, 0) is 6.54 Å². The molecule has 0 aliphatic carbocycles. The van der Waals surface area contributed by atoms with Crippen molar-refractivity contribution in [3.63, 3.8) is 0 Å². The van der Waals surface area contributed by atoms with Gasteiger partial charge in [-0.2, -0.15) is 0 Å². The topological polar surface area (TPSA) is 56.3 Å². The molecule has 0 fully saturated rings. The Bertz CT molecular complexity index is 1150. The average Bonchev–Trinajstić information content (AvgIpc) is 3.32. The molecule has 1 aliphatic heterocycles. The number of rotatable bonds is 4. The van der Waals surface area contributed by atoms with Gasteiger partial charge in [0.2, 0.25) is 6.79 Å². The Balaban J connectivity index is 1.43. The van der Waals surface area contributed by atoms with Crippen LogP contribution in [0.5, 0.6) is 11.5 Å². The van der Waals surface area contributed by atoms with Crippen LogP contribution in [0.25, 0.3) is 20.7 Å². The van der Waals surface area contributed by atoms with Gasteiger partial charge in [-0.25, -0.2) is 14.4 Å². The number of halogens is 1. The fourth-order valence-corrected chi connectivity index (χ4v) is 4.07. The molecule has 0 atom stereocenters. The minimum absolute atomic E-state index is 0.253. The number of aromatic nitrogens is 2. The molecular formula is C20H14FN3O2S. The van der Waals surface area contributed by atoms with Crippen LogP contribution in [0.15, 0.2) is 54.9 Å². The van der Waals surface area contributed by atoms with Crippen molar-refractivity contribution in [2.75, 3.05) is 12.1 Å². The standard InChI is InChI=1S/C20H14FN3O2S/c21-14-3-1-2-13(7-14)18-8-15-19(27-18)20(24-10-23-15)22-9-12-4-5-16-17(6-12)26-11-25-16/h1-8,10H,9,11H2,(H,22,23,24). The number of hydrogen-bond donors (Lipinski definition) is 1. The lowest BCUT2D eigenvalue weighted by Gasteiger charge is -2.07. The highest BCUT2D eigenvalue weighted by atomic mass is 32.1. The van der Waals surface area contributed by atoms with Crippen LogP contribution in [0, 0.1) is 5.82 Å². The molecule has 27 heavy (non-hydrogen) atoms. The van der Waals surface area contributed by atoms with Gasteiger partial charge in [-0.1, -0.05) is 18.2 Å². The highest BCUT2D eigenvalue weighted by Crippen LogP contribution is 2.36. The number of anilines is 1. The number of ether oxygens (including phenoxy) is 2. The van der Waals surface area contributed by atoms with Crippen LogP contribution >= 0.6 is 11.3 Å². The van der Waals surface area contributed by atoms with E-state index in [1.807, 2.05) is 30.3 Å². The van der Waals surface area contributed by atoms with Crippen LogP contribution in [0.3, 0.4) is 0 Å². The summed E-state index contributed by atoms with van der Waals surface area (Å²) in [7, 11) is 0. The largest absolute Gasteiger partial charge is 0.454 e. The molecule has 5 rings (SSSR count). The number of hydrogen-bond acceptors (Lipinski definition) is 6. The molecule has 0 bridgehead atoms. The normalized spacial score (nSPS) is 12.5. The summed E-state index contributed by atoms with van der Waals surface area (Å²) in [4.78, 5) is 9.67. The Hall–Kier alpha value is -3.19. The van der Waals surface area contributed by atoms with E-state index in [0.717, 1.165) is 43.5 Å². The van der Waals surface area contributed by atoms with E-state index in [1.165, 1.54) is 18.5 Å². The molecule has 0 radical (unpaired) electrons. The first-order valence-corrected chi connectivity index (χ1v) is 9.21. The Morgan fingerprint density at radius 3 is 2.89 bits per heavy atom. The van der Waals surface area contributed by atoms with Crippen LogP contribution in [0.4, 0.5) is 10.2 Å². The zero-order chi connectivity index (χ0) is 18.2. The number of benzene rings is 2. The zero-order valence-corrected chi connectivity index (χ0v) is 14.9. The van der Waals surface area contributed by atoms with Crippen molar-refractivity contribution < 1.29 is 13.9 Å². The van der Waals surface area contributed by atoms with E-state index in [0.29, 0.717) is 6.54 Å². The maximum atomic E-state index is 13.5. The Labute approximate surface area is 158 Å². The first kappa shape index (κ1) is 16.0. The second-order valence-electron chi connectivity index (χ2n) is 6.10. The van der Waals surface area contributed by atoms with Gasteiger partial charge in [0.25, 0.3) is 0 Å². The maximum absolute atomic E-state index is 13.5. The number of thiophene rings is 1. The highest BCUT2D eigenvalue weighted by molar-refractivity contribution is 7.22. The van der Waals surface area contributed by atoms with Crippen LogP contribution in [0.2, 0.25) is 0 Å². The summed E-state index contributed by atoms with van der Waals surface area (Å²) >= 11 is 1.54. The van der Waals surface area contributed by atoms with Gasteiger partial charge in [-0.05, 0) is 41.5 Å². The van der Waals surface area contributed by atoms with Crippen molar-refractivity contribution in [3.8, 4) is 21.9 Å². The third-order valence-corrected chi connectivity index (χ3v) is 5.50. The van der Waals surface area contributed by atoms with E-state index in [2.05, 4.69) is 15.3 Å². The second-order valence-corrected chi connectivity index (χ2v) is 7.15. The lowest BCUT2D eigenvalue weighted by Crippen LogP contribution is -2.01. The van der Waals surface area contributed by atoms with E-state index < -0.39 is 0 Å². The van der Waals surface area contributed by atoms with Crippen molar-refractivity contribution in [2.45, 2.75) is 6.54 Å². The predicted molar refractivity (Wildman–Crippen MR) is 103 cm³/mol. The van der Waals surface area contributed by atoms with E-state index in [-0.39, 0.29) is 12.6 Å². The van der Waals surface area contributed by atoms with E-state index in [1.54, 1.807) is 17.4 Å². The fraction of sp³-hybridized carbons (Fsp3) is 0.100. The Morgan fingerprint density at radius 1 is 1.04 bits per heavy atom. The summed E-state index contributed by atoms with van der Waals surface area (Å²) in [6.07, 6.45) is 1.53. The molecule has 0 unspecified atom stereocenters. The minimum Gasteiger partial charge on any atom is -0.454 e. The predicted octanol–water partition coefficient (Wildman–Crippen LogP) is 4.84. The summed E-state index contributed by atoms with van der Waals surface area (Å²) < 4.78 is 25.2. The van der Waals surface area contributed by atoms with Gasteiger partial charge in [0, 0.05) is 11.4 Å². The van der Waals surface area contributed by atoms with Crippen molar-refractivity contribution >= 4 is 27.4 Å². The lowest BCUT2D eigenvalue weighted by atomic mass is 10.2.